The lowest BCUT2D eigenvalue weighted by atomic mass is 10.2. The summed E-state index contributed by atoms with van der Waals surface area (Å²) in [4.78, 5) is 8.89. The minimum Gasteiger partial charge on any atom is -0.497 e. The number of nitrogens with zero attached hydrogens (tertiary/aromatic N) is 6. The van der Waals surface area contributed by atoms with Gasteiger partial charge in [0.1, 0.15) is 5.75 Å². The summed E-state index contributed by atoms with van der Waals surface area (Å²) in [5.41, 5.74) is 2.75. The maximum atomic E-state index is 5.83. The number of rotatable bonds is 5. The summed E-state index contributed by atoms with van der Waals surface area (Å²) in [6.45, 7) is 5.90. The van der Waals surface area contributed by atoms with Gasteiger partial charge in [-0.2, -0.15) is 4.98 Å². The fourth-order valence-corrected chi connectivity index (χ4v) is 3.43. The molecule has 0 amide bonds. The number of thioether (sulfide) groups is 1. The van der Waals surface area contributed by atoms with Crippen LogP contribution >= 0.6 is 11.8 Å². The predicted molar refractivity (Wildman–Crippen MR) is 101 cm³/mol. The van der Waals surface area contributed by atoms with Gasteiger partial charge < -0.3 is 9.15 Å². The highest BCUT2D eigenvalue weighted by Crippen LogP contribution is 2.33. The molecule has 1 aromatic carbocycles. The molecule has 0 unspecified atom stereocenters. The summed E-state index contributed by atoms with van der Waals surface area (Å²) in [5.74, 6) is 2.35. The van der Waals surface area contributed by atoms with Crippen LogP contribution in [-0.4, -0.2) is 36.9 Å². The van der Waals surface area contributed by atoms with Crippen LogP contribution in [0.1, 0.15) is 29.5 Å². The molecule has 0 aliphatic heterocycles. The normalized spacial score (nSPS) is 12.4. The molecule has 0 saturated carbocycles. The van der Waals surface area contributed by atoms with E-state index >= 15 is 0 Å². The second-order valence-electron chi connectivity index (χ2n) is 6.08. The van der Waals surface area contributed by atoms with Gasteiger partial charge in [-0.05, 0) is 51.1 Å². The molecule has 9 heteroatoms. The van der Waals surface area contributed by atoms with Gasteiger partial charge in [-0.15, -0.1) is 15.3 Å². The number of hydrogen-bond acceptors (Lipinski definition) is 8. The molecule has 3 aromatic heterocycles. The van der Waals surface area contributed by atoms with Gasteiger partial charge in [-0.3, -0.25) is 0 Å². The lowest BCUT2D eigenvalue weighted by Gasteiger charge is -2.02. The molecule has 0 radical (unpaired) electrons. The van der Waals surface area contributed by atoms with Crippen LogP contribution in [0.25, 0.3) is 17.2 Å². The average molecular weight is 382 g/mol. The van der Waals surface area contributed by atoms with Crippen LogP contribution in [0.3, 0.4) is 0 Å². The van der Waals surface area contributed by atoms with Crippen LogP contribution in [0.4, 0.5) is 0 Å². The van der Waals surface area contributed by atoms with Crippen molar-refractivity contribution in [1.29, 1.82) is 0 Å². The summed E-state index contributed by atoms with van der Waals surface area (Å²) in [5, 5.41) is 13.3. The van der Waals surface area contributed by atoms with Crippen molar-refractivity contribution in [1.82, 2.24) is 29.8 Å². The van der Waals surface area contributed by atoms with Crippen LogP contribution in [0.5, 0.6) is 5.75 Å². The lowest BCUT2D eigenvalue weighted by Crippen LogP contribution is -1.97. The van der Waals surface area contributed by atoms with Crippen LogP contribution in [0.15, 0.2) is 39.9 Å². The molecule has 0 fully saturated rings. The van der Waals surface area contributed by atoms with E-state index in [0.29, 0.717) is 22.7 Å². The van der Waals surface area contributed by atoms with Crippen LogP contribution in [-0.2, 0) is 0 Å². The first-order valence-electron chi connectivity index (χ1n) is 8.39. The van der Waals surface area contributed by atoms with Crippen molar-refractivity contribution >= 4 is 17.5 Å². The number of methoxy groups -OCH3 is 1. The molecule has 4 aromatic rings. The van der Waals surface area contributed by atoms with E-state index in [9.17, 15) is 0 Å². The molecule has 0 saturated heterocycles. The summed E-state index contributed by atoms with van der Waals surface area (Å²) >= 11 is 1.45. The van der Waals surface area contributed by atoms with E-state index in [0.717, 1.165) is 22.7 Å². The molecular weight excluding hydrogens is 364 g/mol. The monoisotopic (exact) mass is 382 g/mol. The SMILES string of the molecule is COc1ccc(-c2nnc([C@H](C)Sc3nc4nc(C)cc(C)n4n3)o2)cc1. The minimum atomic E-state index is -0.0942. The topological polar surface area (TPSA) is 91.2 Å². The Morgan fingerprint density at radius 1 is 1.11 bits per heavy atom. The molecule has 0 aliphatic rings. The number of benzene rings is 1. The highest BCUT2D eigenvalue weighted by atomic mass is 32.2. The largest absolute Gasteiger partial charge is 0.497 e. The van der Waals surface area contributed by atoms with Gasteiger partial charge in [0, 0.05) is 17.0 Å². The average Bonchev–Trinajstić information content (AvgIpc) is 3.29. The Morgan fingerprint density at radius 3 is 2.63 bits per heavy atom. The molecule has 3 heterocycles. The first-order valence-corrected chi connectivity index (χ1v) is 9.27. The van der Waals surface area contributed by atoms with Crippen molar-refractivity contribution in [2.75, 3.05) is 7.11 Å². The molecule has 0 N–H and O–H groups in total. The van der Waals surface area contributed by atoms with E-state index in [-0.39, 0.29) is 5.25 Å². The molecule has 0 aliphatic carbocycles. The molecule has 0 bridgehead atoms. The minimum absolute atomic E-state index is 0.0942. The molecule has 8 nitrogen and oxygen atoms in total. The number of aryl methyl sites for hydroxylation is 2. The van der Waals surface area contributed by atoms with E-state index < -0.39 is 0 Å². The highest BCUT2D eigenvalue weighted by Gasteiger charge is 2.19. The van der Waals surface area contributed by atoms with Gasteiger partial charge in [-0.25, -0.2) is 9.50 Å². The van der Waals surface area contributed by atoms with E-state index in [4.69, 9.17) is 9.15 Å². The number of fused-ring (bicyclic) bond motifs is 1. The summed E-state index contributed by atoms with van der Waals surface area (Å²) in [6, 6.07) is 9.45. The van der Waals surface area contributed by atoms with Crippen molar-refractivity contribution in [3.63, 3.8) is 0 Å². The Balaban J connectivity index is 1.54. The summed E-state index contributed by atoms with van der Waals surface area (Å²) in [7, 11) is 1.63. The maximum Gasteiger partial charge on any atom is 0.253 e. The molecule has 4 rings (SSSR count). The van der Waals surface area contributed by atoms with E-state index in [2.05, 4.69) is 25.3 Å². The van der Waals surface area contributed by atoms with Gasteiger partial charge in [0.05, 0.1) is 12.4 Å². The fraction of sp³-hybridized carbons (Fsp3) is 0.278. The van der Waals surface area contributed by atoms with Crippen molar-refractivity contribution in [3.05, 3.63) is 47.6 Å². The van der Waals surface area contributed by atoms with Gasteiger partial charge in [-0.1, -0.05) is 11.8 Å². The Bertz CT molecular complexity index is 1090. The van der Waals surface area contributed by atoms with Crippen molar-refractivity contribution in [3.8, 4) is 17.2 Å². The van der Waals surface area contributed by atoms with Crippen LogP contribution in [0.2, 0.25) is 0 Å². The second-order valence-corrected chi connectivity index (χ2v) is 7.39. The zero-order valence-electron chi connectivity index (χ0n) is 15.4. The molecular formula is C18H18N6O2S. The van der Waals surface area contributed by atoms with Crippen molar-refractivity contribution < 1.29 is 9.15 Å². The standard InChI is InChI=1S/C18H18N6O2S/c1-10-9-11(2)24-17(19-10)20-18(23-24)27-12(3)15-21-22-16(26-15)13-5-7-14(25-4)8-6-13/h5-9,12H,1-4H3/t12-/m0/s1. The third kappa shape index (κ3) is 3.50. The maximum absolute atomic E-state index is 5.83. The van der Waals surface area contributed by atoms with Crippen molar-refractivity contribution in [2.24, 2.45) is 0 Å². The zero-order chi connectivity index (χ0) is 19.0. The Labute approximate surface area is 160 Å². The van der Waals surface area contributed by atoms with Gasteiger partial charge in [0.15, 0.2) is 0 Å². The third-order valence-electron chi connectivity index (χ3n) is 4.01. The van der Waals surface area contributed by atoms with Crippen molar-refractivity contribution in [2.45, 2.75) is 31.2 Å². The Kier molecular flexibility index (Phi) is 4.53. The number of ether oxygens (including phenoxy) is 1. The van der Waals surface area contributed by atoms with E-state index in [1.807, 2.05) is 51.1 Å². The van der Waals surface area contributed by atoms with Gasteiger partial charge >= 0.3 is 0 Å². The Hall–Kier alpha value is -2.94. The summed E-state index contributed by atoms with van der Waals surface area (Å²) in [6.07, 6.45) is 0. The highest BCUT2D eigenvalue weighted by molar-refractivity contribution is 7.99. The molecule has 138 valence electrons. The molecule has 0 spiro atoms. The number of aromatic nitrogens is 6. The molecule has 1 atom stereocenters. The van der Waals surface area contributed by atoms with E-state index in [1.165, 1.54) is 11.8 Å². The number of hydrogen-bond donors (Lipinski definition) is 0. The lowest BCUT2D eigenvalue weighted by molar-refractivity contribution is 0.415. The Morgan fingerprint density at radius 2 is 1.89 bits per heavy atom. The zero-order valence-corrected chi connectivity index (χ0v) is 16.2. The van der Waals surface area contributed by atoms with Gasteiger partial charge in [0.25, 0.3) is 5.78 Å². The van der Waals surface area contributed by atoms with Crippen LogP contribution < -0.4 is 4.74 Å². The smallest absolute Gasteiger partial charge is 0.253 e. The molecule has 27 heavy (non-hydrogen) atoms. The predicted octanol–water partition coefficient (Wildman–Crippen LogP) is 3.65. The summed E-state index contributed by atoms with van der Waals surface area (Å²) < 4.78 is 12.7. The van der Waals surface area contributed by atoms with Gasteiger partial charge in [0.2, 0.25) is 16.9 Å². The first kappa shape index (κ1) is 17.5. The third-order valence-corrected chi connectivity index (χ3v) is 4.95. The second kappa shape index (κ2) is 6.99. The first-order chi connectivity index (χ1) is 13.0. The van der Waals surface area contributed by atoms with Crippen LogP contribution in [0, 0.1) is 13.8 Å². The fourth-order valence-electron chi connectivity index (χ4n) is 2.66. The quantitative estimate of drug-likeness (QED) is 0.483. The van der Waals surface area contributed by atoms with E-state index in [1.54, 1.807) is 11.6 Å².